The first-order valence-electron chi connectivity index (χ1n) is 24.0. The largest absolute Gasteiger partial charge is 0.756 e. The number of phosphoric acid groups is 1. The topological polar surface area (TPSA) is 111 Å². The number of unbranched alkanes of at least 4 members (excludes halogenated alkanes) is 19. The van der Waals surface area contributed by atoms with Crippen molar-refractivity contribution in [3.05, 3.63) is 60.8 Å². The van der Waals surface area contributed by atoms with Crippen LogP contribution >= 0.6 is 7.82 Å². The van der Waals surface area contributed by atoms with Crippen molar-refractivity contribution >= 4 is 19.8 Å². The van der Waals surface area contributed by atoms with Gasteiger partial charge in [-0.3, -0.25) is 14.2 Å². The second-order valence-electron chi connectivity index (χ2n) is 17.1. The molecule has 0 saturated heterocycles. The minimum absolute atomic E-state index is 0.0421. The van der Waals surface area contributed by atoms with Crippen molar-refractivity contribution in [1.82, 2.24) is 0 Å². The van der Waals surface area contributed by atoms with Crippen LogP contribution in [0.1, 0.15) is 194 Å². The maximum Gasteiger partial charge on any atom is 0.306 e. The summed E-state index contributed by atoms with van der Waals surface area (Å²) >= 11 is 0. The molecule has 348 valence electrons. The van der Waals surface area contributed by atoms with Gasteiger partial charge in [0, 0.05) is 12.8 Å². The number of likely N-dealkylation sites (N-methyl/N-ethyl adjacent to an activating group) is 1. The lowest BCUT2D eigenvalue weighted by Crippen LogP contribution is -2.37. The fourth-order valence-corrected chi connectivity index (χ4v) is 6.96. The molecule has 9 nitrogen and oxygen atoms in total. The fraction of sp³-hybridized carbons (Fsp3) is 0.760. The van der Waals surface area contributed by atoms with Gasteiger partial charge in [-0.1, -0.05) is 164 Å². The van der Waals surface area contributed by atoms with Crippen LogP contribution in [0.5, 0.6) is 0 Å². The number of carbonyl (C=O) groups excluding carboxylic acids is 2. The quantitative estimate of drug-likeness (QED) is 0.0196. The van der Waals surface area contributed by atoms with E-state index in [1.54, 1.807) is 0 Å². The van der Waals surface area contributed by atoms with Crippen molar-refractivity contribution in [2.75, 3.05) is 47.5 Å². The molecular formula is C50H90NO8P. The number of nitrogens with zero attached hydrogens (tertiary/aromatic N) is 1. The Balaban J connectivity index is 4.40. The van der Waals surface area contributed by atoms with Gasteiger partial charge in [0.15, 0.2) is 6.10 Å². The Labute approximate surface area is 368 Å². The van der Waals surface area contributed by atoms with E-state index in [1.165, 1.54) is 103 Å². The predicted molar refractivity (Wildman–Crippen MR) is 250 cm³/mol. The van der Waals surface area contributed by atoms with Crippen molar-refractivity contribution in [3.8, 4) is 0 Å². The van der Waals surface area contributed by atoms with Crippen LogP contribution in [0.15, 0.2) is 60.8 Å². The summed E-state index contributed by atoms with van der Waals surface area (Å²) in [5, 5.41) is 0. The Kier molecular flexibility index (Phi) is 40.4. The summed E-state index contributed by atoms with van der Waals surface area (Å²) in [4.78, 5) is 37.6. The maximum atomic E-state index is 12.7. The van der Waals surface area contributed by atoms with Crippen molar-refractivity contribution in [3.63, 3.8) is 0 Å². The average molecular weight is 864 g/mol. The smallest absolute Gasteiger partial charge is 0.306 e. The van der Waals surface area contributed by atoms with Crippen LogP contribution in [0.4, 0.5) is 0 Å². The number of allylic oxidation sites excluding steroid dienone is 10. The number of hydrogen-bond donors (Lipinski definition) is 0. The molecule has 0 aromatic heterocycles. The highest BCUT2D eigenvalue weighted by atomic mass is 31.2. The third kappa shape index (κ3) is 45.2. The molecule has 60 heavy (non-hydrogen) atoms. The van der Waals surface area contributed by atoms with Gasteiger partial charge in [-0.25, -0.2) is 0 Å². The monoisotopic (exact) mass is 864 g/mol. The van der Waals surface area contributed by atoms with E-state index in [2.05, 4.69) is 74.6 Å². The number of phosphoric ester groups is 1. The lowest BCUT2D eigenvalue weighted by Gasteiger charge is -2.28. The summed E-state index contributed by atoms with van der Waals surface area (Å²) in [6.07, 6.45) is 51.1. The molecule has 0 radical (unpaired) electrons. The standard InChI is InChI=1S/C50H90NO8P/c1-6-8-10-12-14-16-18-20-22-23-24-25-26-27-29-30-32-34-36-38-40-42-49(52)56-46-48(47-58-60(54,55)57-45-44-51(3,4)5)59-50(53)43-41-39-37-35-33-31-28-21-19-17-15-13-11-9-7-2/h17,19,22-23,25-26,29-30,34,36,48H,6-16,18,20-21,24,27-28,31-33,35,37-47H2,1-5H3/b19-17+,23-22+,26-25+,30-29+,36-34+/t48-/m0/s1. The summed E-state index contributed by atoms with van der Waals surface area (Å²) < 4.78 is 33.9. The molecule has 2 atom stereocenters. The minimum Gasteiger partial charge on any atom is -0.756 e. The number of quaternary nitrogens is 1. The van der Waals surface area contributed by atoms with Gasteiger partial charge in [0.25, 0.3) is 7.82 Å². The van der Waals surface area contributed by atoms with Gasteiger partial charge in [0.2, 0.25) is 0 Å². The van der Waals surface area contributed by atoms with E-state index < -0.39 is 32.5 Å². The number of ether oxygens (including phenoxy) is 2. The van der Waals surface area contributed by atoms with E-state index in [0.717, 1.165) is 51.4 Å². The SMILES string of the molecule is CCCCCC/C=C/CCCCCCCCCC(=O)O[C@@H](COC(=O)CCC/C=C/C/C=C/C/C=C/C/C=C/CCCCCCCCC)COP(=O)([O-])OCC[N+](C)(C)C. The molecule has 10 heteroatoms. The molecular weight excluding hydrogens is 774 g/mol. The Hall–Kier alpha value is -2.29. The molecule has 0 aliphatic rings. The van der Waals surface area contributed by atoms with Crippen LogP contribution in [0.3, 0.4) is 0 Å². The van der Waals surface area contributed by atoms with Crippen LogP contribution in [0.2, 0.25) is 0 Å². The third-order valence-corrected chi connectivity index (χ3v) is 11.0. The van der Waals surface area contributed by atoms with E-state index in [4.69, 9.17) is 18.5 Å². The van der Waals surface area contributed by atoms with Gasteiger partial charge in [-0.05, 0) is 77.0 Å². The van der Waals surface area contributed by atoms with Gasteiger partial charge in [-0.15, -0.1) is 0 Å². The summed E-state index contributed by atoms with van der Waals surface area (Å²) in [5.41, 5.74) is 0. The Morgan fingerprint density at radius 3 is 1.42 bits per heavy atom. The van der Waals surface area contributed by atoms with E-state index in [-0.39, 0.29) is 26.1 Å². The highest BCUT2D eigenvalue weighted by Gasteiger charge is 2.21. The fourth-order valence-electron chi connectivity index (χ4n) is 6.23. The lowest BCUT2D eigenvalue weighted by molar-refractivity contribution is -0.870. The van der Waals surface area contributed by atoms with E-state index in [1.807, 2.05) is 21.1 Å². The van der Waals surface area contributed by atoms with Crippen LogP contribution in [0, 0.1) is 0 Å². The lowest BCUT2D eigenvalue weighted by atomic mass is 10.1. The predicted octanol–water partition coefficient (Wildman–Crippen LogP) is 13.4. The Morgan fingerprint density at radius 2 is 0.917 bits per heavy atom. The zero-order valence-electron chi connectivity index (χ0n) is 39.1. The van der Waals surface area contributed by atoms with Crippen molar-refractivity contribution in [2.45, 2.75) is 200 Å². The molecule has 0 aromatic rings. The molecule has 0 fully saturated rings. The first-order valence-corrected chi connectivity index (χ1v) is 25.5. The molecule has 0 bridgehead atoms. The number of hydrogen-bond acceptors (Lipinski definition) is 8. The molecule has 0 amide bonds. The first-order chi connectivity index (χ1) is 29.0. The van der Waals surface area contributed by atoms with Gasteiger partial charge < -0.3 is 27.9 Å². The number of carbonyl (C=O) groups is 2. The van der Waals surface area contributed by atoms with Gasteiger partial charge >= 0.3 is 11.9 Å². The average Bonchev–Trinajstić information content (AvgIpc) is 3.20. The van der Waals surface area contributed by atoms with Crippen LogP contribution in [-0.4, -0.2) is 70.0 Å². The van der Waals surface area contributed by atoms with Crippen LogP contribution in [0.25, 0.3) is 0 Å². The molecule has 0 heterocycles. The third-order valence-electron chi connectivity index (χ3n) is 10.0. The Morgan fingerprint density at radius 1 is 0.517 bits per heavy atom. The van der Waals surface area contributed by atoms with E-state index in [0.29, 0.717) is 23.9 Å². The molecule has 0 aliphatic heterocycles. The molecule has 0 N–H and O–H groups in total. The molecule has 0 spiro atoms. The zero-order chi connectivity index (χ0) is 44.3. The number of rotatable bonds is 43. The summed E-state index contributed by atoms with van der Waals surface area (Å²) in [7, 11) is 1.13. The highest BCUT2D eigenvalue weighted by molar-refractivity contribution is 7.45. The zero-order valence-corrected chi connectivity index (χ0v) is 40.0. The van der Waals surface area contributed by atoms with Crippen molar-refractivity contribution in [2.24, 2.45) is 0 Å². The number of esters is 2. The van der Waals surface area contributed by atoms with Gasteiger partial charge in [0.05, 0.1) is 27.7 Å². The first kappa shape index (κ1) is 57.7. The second kappa shape index (κ2) is 42.0. The van der Waals surface area contributed by atoms with Crippen LogP contribution < -0.4 is 4.89 Å². The Bertz CT molecular complexity index is 1210. The molecule has 0 aromatic carbocycles. The van der Waals surface area contributed by atoms with Gasteiger partial charge in [-0.2, -0.15) is 0 Å². The summed E-state index contributed by atoms with van der Waals surface area (Å²) in [6.45, 7) is 4.14. The second-order valence-corrected chi connectivity index (χ2v) is 18.5. The van der Waals surface area contributed by atoms with Crippen molar-refractivity contribution < 1.29 is 42.1 Å². The normalized spacial score (nSPS) is 14.0. The molecule has 0 rings (SSSR count). The summed E-state index contributed by atoms with van der Waals surface area (Å²) in [6, 6.07) is 0. The van der Waals surface area contributed by atoms with Gasteiger partial charge in [0.1, 0.15) is 19.8 Å². The summed E-state index contributed by atoms with van der Waals surface area (Å²) in [5.74, 6) is -0.906. The highest BCUT2D eigenvalue weighted by Crippen LogP contribution is 2.38. The molecule has 0 saturated carbocycles. The molecule has 0 aliphatic carbocycles. The van der Waals surface area contributed by atoms with Crippen LogP contribution in [-0.2, 0) is 32.7 Å². The van der Waals surface area contributed by atoms with E-state index in [9.17, 15) is 19.0 Å². The maximum absolute atomic E-state index is 12.7. The van der Waals surface area contributed by atoms with Crippen molar-refractivity contribution in [1.29, 1.82) is 0 Å². The molecule has 1 unspecified atom stereocenters. The minimum atomic E-state index is -4.64. The van der Waals surface area contributed by atoms with E-state index >= 15 is 0 Å².